The number of ketones is 1. The number of methoxy groups -OCH3 is 1. The summed E-state index contributed by atoms with van der Waals surface area (Å²) in [6.45, 7) is -0.0132. The second-order valence-corrected chi connectivity index (χ2v) is 5.47. The van der Waals surface area contributed by atoms with Crippen molar-refractivity contribution in [2.24, 2.45) is 7.05 Å². The Morgan fingerprint density at radius 2 is 2.08 bits per heavy atom. The van der Waals surface area contributed by atoms with E-state index >= 15 is 0 Å². The van der Waals surface area contributed by atoms with Crippen molar-refractivity contribution in [1.82, 2.24) is 19.5 Å². The summed E-state index contributed by atoms with van der Waals surface area (Å²) in [6, 6.07) is 9.92. The number of ether oxygens (including phenoxy) is 1. The maximum Gasteiger partial charge on any atom is 0.255 e. The van der Waals surface area contributed by atoms with E-state index in [-0.39, 0.29) is 23.8 Å². The predicted octanol–water partition coefficient (Wildman–Crippen LogP) is 1.54. The quantitative estimate of drug-likeness (QED) is 0.673. The van der Waals surface area contributed by atoms with Gasteiger partial charge in [0.2, 0.25) is 5.95 Å². The van der Waals surface area contributed by atoms with Gasteiger partial charge in [-0.25, -0.2) is 15.0 Å². The maximum atomic E-state index is 12.4. The van der Waals surface area contributed by atoms with E-state index in [1.807, 2.05) is 0 Å². The van der Waals surface area contributed by atoms with Crippen molar-refractivity contribution < 1.29 is 9.53 Å². The average molecular weight is 351 g/mol. The third-order valence-corrected chi connectivity index (χ3v) is 3.78. The van der Waals surface area contributed by atoms with E-state index in [0.29, 0.717) is 22.7 Å². The first-order valence-corrected chi connectivity index (χ1v) is 7.84. The van der Waals surface area contributed by atoms with E-state index in [2.05, 4.69) is 20.3 Å². The Morgan fingerprint density at radius 3 is 2.81 bits per heavy atom. The lowest BCUT2D eigenvalue weighted by Crippen LogP contribution is -2.24. The van der Waals surface area contributed by atoms with E-state index in [1.54, 1.807) is 50.7 Å². The average Bonchev–Trinajstić information content (AvgIpc) is 2.69. The number of hydrogen-bond donors (Lipinski definition) is 1. The van der Waals surface area contributed by atoms with Gasteiger partial charge in [-0.2, -0.15) is 0 Å². The van der Waals surface area contributed by atoms with E-state index < -0.39 is 0 Å². The lowest BCUT2D eigenvalue weighted by molar-refractivity contribution is 0.101. The van der Waals surface area contributed by atoms with Gasteiger partial charge < -0.3 is 10.1 Å². The summed E-state index contributed by atoms with van der Waals surface area (Å²) in [4.78, 5) is 36.9. The lowest BCUT2D eigenvalue weighted by atomic mass is 10.1. The van der Waals surface area contributed by atoms with Gasteiger partial charge in [0.1, 0.15) is 12.1 Å². The monoisotopic (exact) mass is 351 g/mol. The van der Waals surface area contributed by atoms with Crippen molar-refractivity contribution in [1.29, 1.82) is 0 Å². The fraction of sp³-hybridized carbons (Fsp3) is 0.167. The van der Waals surface area contributed by atoms with Gasteiger partial charge in [0.05, 0.1) is 25.0 Å². The van der Waals surface area contributed by atoms with Gasteiger partial charge in [-0.1, -0.05) is 12.1 Å². The van der Waals surface area contributed by atoms with Gasteiger partial charge in [0.25, 0.3) is 5.56 Å². The van der Waals surface area contributed by atoms with Crippen molar-refractivity contribution in [2.75, 3.05) is 19.0 Å². The summed E-state index contributed by atoms with van der Waals surface area (Å²) in [5, 5.41) is 2.92. The van der Waals surface area contributed by atoms with Crippen LogP contribution in [-0.2, 0) is 7.05 Å². The smallest absolute Gasteiger partial charge is 0.255 e. The Bertz CT molecular complexity index is 986. The van der Waals surface area contributed by atoms with Crippen LogP contribution in [0.1, 0.15) is 10.4 Å². The number of Topliss-reactive ketones (excluding diaryl/α,β-unsaturated/α-hetero) is 1. The summed E-state index contributed by atoms with van der Waals surface area (Å²) >= 11 is 0. The molecular weight excluding hydrogens is 334 g/mol. The van der Waals surface area contributed by atoms with Crippen LogP contribution < -0.4 is 15.6 Å². The summed E-state index contributed by atoms with van der Waals surface area (Å²) in [6.07, 6.45) is 2.95. The zero-order valence-corrected chi connectivity index (χ0v) is 14.3. The molecule has 0 aliphatic heterocycles. The zero-order valence-electron chi connectivity index (χ0n) is 14.3. The van der Waals surface area contributed by atoms with Crippen molar-refractivity contribution in [3.63, 3.8) is 0 Å². The molecule has 1 N–H and O–H groups in total. The van der Waals surface area contributed by atoms with Crippen LogP contribution in [0, 0.1) is 0 Å². The molecule has 0 aliphatic rings. The van der Waals surface area contributed by atoms with E-state index in [9.17, 15) is 9.59 Å². The fourth-order valence-corrected chi connectivity index (χ4v) is 2.33. The minimum absolute atomic E-state index is 0.0132. The molecule has 26 heavy (non-hydrogen) atoms. The number of hydrogen-bond acceptors (Lipinski definition) is 7. The highest BCUT2D eigenvalue weighted by Gasteiger charge is 2.11. The molecule has 0 saturated heterocycles. The summed E-state index contributed by atoms with van der Waals surface area (Å²) in [7, 11) is 3.12. The summed E-state index contributed by atoms with van der Waals surface area (Å²) < 4.78 is 6.46. The number of benzene rings is 1. The molecule has 0 fully saturated rings. The van der Waals surface area contributed by atoms with Crippen LogP contribution in [0.3, 0.4) is 0 Å². The first kappa shape index (κ1) is 17.3. The molecule has 0 unspecified atom stereocenters. The normalized spacial score (nSPS) is 10.4. The van der Waals surface area contributed by atoms with Crippen LogP contribution in [0.5, 0.6) is 5.75 Å². The molecule has 8 heteroatoms. The first-order chi connectivity index (χ1) is 12.6. The van der Waals surface area contributed by atoms with E-state index in [0.717, 1.165) is 0 Å². The molecule has 0 amide bonds. The highest BCUT2D eigenvalue weighted by molar-refractivity contribution is 5.99. The van der Waals surface area contributed by atoms with Gasteiger partial charge >= 0.3 is 0 Å². The molecule has 1 aromatic carbocycles. The lowest BCUT2D eigenvalue weighted by Gasteiger charge is -2.11. The maximum absolute atomic E-state index is 12.4. The molecular formula is C18H17N5O3. The molecule has 2 heterocycles. The Hall–Kier alpha value is -3.55. The van der Waals surface area contributed by atoms with Crippen LogP contribution in [-0.4, -0.2) is 39.0 Å². The summed E-state index contributed by atoms with van der Waals surface area (Å²) in [5.41, 5.74) is 1.19. The van der Waals surface area contributed by atoms with E-state index in [4.69, 9.17) is 4.74 Å². The molecule has 0 radical (unpaired) electrons. The molecule has 0 spiro atoms. The number of carbonyl (C=O) groups is 1. The van der Waals surface area contributed by atoms with Gasteiger partial charge in [0.15, 0.2) is 5.78 Å². The molecule has 0 aliphatic carbocycles. The molecule has 3 aromatic rings. The number of carbonyl (C=O) groups excluding carboxylic acids is 1. The van der Waals surface area contributed by atoms with Gasteiger partial charge in [-0.15, -0.1) is 0 Å². The molecule has 8 nitrogen and oxygen atoms in total. The molecule has 0 bridgehead atoms. The van der Waals surface area contributed by atoms with Crippen LogP contribution in [0.25, 0.3) is 11.4 Å². The highest BCUT2D eigenvalue weighted by atomic mass is 16.5. The van der Waals surface area contributed by atoms with Gasteiger partial charge in [-0.05, 0) is 18.2 Å². The van der Waals surface area contributed by atoms with Crippen molar-refractivity contribution in [2.45, 2.75) is 0 Å². The van der Waals surface area contributed by atoms with Gasteiger partial charge in [0, 0.05) is 24.9 Å². The molecule has 2 aromatic heterocycles. The van der Waals surface area contributed by atoms with Crippen LogP contribution >= 0.6 is 0 Å². The minimum atomic E-state index is -0.259. The zero-order chi connectivity index (χ0) is 18.5. The second kappa shape index (κ2) is 7.56. The van der Waals surface area contributed by atoms with Crippen LogP contribution in [0.2, 0.25) is 0 Å². The molecule has 0 saturated carbocycles. The van der Waals surface area contributed by atoms with E-state index in [1.165, 1.54) is 17.0 Å². The number of anilines is 1. The minimum Gasteiger partial charge on any atom is -0.497 e. The fourth-order valence-electron chi connectivity index (χ4n) is 2.33. The third-order valence-electron chi connectivity index (χ3n) is 3.78. The first-order valence-electron chi connectivity index (χ1n) is 7.84. The molecule has 3 rings (SSSR count). The second-order valence-electron chi connectivity index (χ2n) is 5.47. The highest BCUT2D eigenvalue weighted by Crippen LogP contribution is 2.15. The molecule has 0 atom stereocenters. The van der Waals surface area contributed by atoms with Crippen LogP contribution in [0.15, 0.2) is 53.7 Å². The molecule has 132 valence electrons. The largest absolute Gasteiger partial charge is 0.497 e. The van der Waals surface area contributed by atoms with Crippen molar-refractivity contribution in [3.05, 3.63) is 64.8 Å². The Morgan fingerprint density at radius 1 is 1.23 bits per heavy atom. The number of aromatic nitrogens is 4. The number of nitrogens with one attached hydrogen (secondary N) is 1. The number of nitrogens with zero attached hydrogens (tertiary/aromatic N) is 4. The Balaban J connectivity index is 1.82. The van der Waals surface area contributed by atoms with Crippen LogP contribution in [0.4, 0.5) is 5.95 Å². The van der Waals surface area contributed by atoms with Crippen molar-refractivity contribution in [3.8, 4) is 17.1 Å². The topological polar surface area (TPSA) is 99.0 Å². The summed E-state index contributed by atoms with van der Waals surface area (Å²) in [5.74, 6) is 0.736. The van der Waals surface area contributed by atoms with Crippen molar-refractivity contribution >= 4 is 11.7 Å². The predicted molar refractivity (Wildman–Crippen MR) is 96.3 cm³/mol. The third kappa shape index (κ3) is 3.75. The standard InChI is InChI=1S/C18H17N5O3/c1-23-17(25)9-15(14-6-7-19-11-21-14)22-18(23)20-10-16(24)12-4-3-5-13(8-12)26-2/h3-9,11H,10H2,1-2H3,(H,20,22). The SMILES string of the molecule is COc1cccc(C(=O)CNc2nc(-c3ccncn3)cc(=O)n2C)c1. The number of rotatable bonds is 6. The Labute approximate surface area is 149 Å². The Kier molecular flexibility index (Phi) is 5.02. The van der Waals surface area contributed by atoms with Gasteiger partial charge in [-0.3, -0.25) is 14.2 Å².